The van der Waals surface area contributed by atoms with Crippen LogP contribution in [0.5, 0.6) is 0 Å². The molecule has 0 unspecified atom stereocenters. The molecule has 0 N–H and O–H groups in total. The van der Waals surface area contributed by atoms with E-state index in [1.165, 1.54) is 22.5 Å². The van der Waals surface area contributed by atoms with Crippen molar-refractivity contribution in [2.24, 2.45) is 0 Å². The molecule has 0 aliphatic heterocycles. The van der Waals surface area contributed by atoms with Crippen molar-refractivity contribution < 1.29 is 0 Å². The van der Waals surface area contributed by atoms with Crippen LogP contribution >= 0.6 is 11.3 Å². The van der Waals surface area contributed by atoms with Crippen LogP contribution in [-0.4, -0.2) is 39.0 Å². The quantitative estimate of drug-likeness (QED) is 0.710. The average molecular weight is 338 g/mol. The fourth-order valence-electron chi connectivity index (χ4n) is 3.29. The lowest BCUT2D eigenvalue weighted by molar-refractivity contribution is 0.108. The highest BCUT2D eigenvalue weighted by atomic mass is 32.1. The molecular formula is C19H22N4S. The molecule has 0 spiro atoms. The highest BCUT2D eigenvalue weighted by Gasteiger charge is 2.35. The third-order valence-electron chi connectivity index (χ3n) is 5.15. The highest BCUT2D eigenvalue weighted by Crippen LogP contribution is 2.43. The first-order valence-corrected chi connectivity index (χ1v) is 9.31. The van der Waals surface area contributed by atoms with Crippen LogP contribution in [-0.2, 0) is 0 Å². The van der Waals surface area contributed by atoms with Crippen molar-refractivity contribution in [3.8, 4) is 11.1 Å². The minimum absolute atomic E-state index is 0.613. The van der Waals surface area contributed by atoms with E-state index in [1.807, 2.05) is 23.7 Å². The van der Waals surface area contributed by atoms with Gasteiger partial charge in [0.05, 0.1) is 15.2 Å². The van der Waals surface area contributed by atoms with Crippen molar-refractivity contribution >= 4 is 21.6 Å². The van der Waals surface area contributed by atoms with Gasteiger partial charge in [-0.3, -0.25) is 0 Å². The van der Waals surface area contributed by atoms with Gasteiger partial charge < -0.3 is 4.90 Å². The van der Waals surface area contributed by atoms with Gasteiger partial charge in [-0.05, 0) is 51.4 Å². The zero-order valence-corrected chi connectivity index (χ0v) is 15.1. The minimum atomic E-state index is 0.613. The molecule has 4 nitrogen and oxygen atoms in total. The molecule has 0 bridgehead atoms. The summed E-state index contributed by atoms with van der Waals surface area (Å²) in [4.78, 5) is 15.6. The van der Waals surface area contributed by atoms with E-state index < -0.39 is 0 Å². The van der Waals surface area contributed by atoms with Gasteiger partial charge in [0.15, 0.2) is 0 Å². The molecule has 24 heavy (non-hydrogen) atoms. The second kappa shape index (κ2) is 6.22. The Morgan fingerprint density at radius 2 is 1.88 bits per heavy atom. The Hall–Kier alpha value is -1.85. The van der Waals surface area contributed by atoms with E-state index in [9.17, 15) is 0 Å². The lowest BCUT2D eigenvalue weighted by Crippen LogP contribution is -2.44. The van der Waals surface area contributed by atoms with Gasteiger partial charge in [0.25, 0.3) is 0 Å². The zero-order valence-electron chi connectivity index (χ0n) is 14.3. The van der Waals surface area contributed by atoms with E-state index in [2.05, 4.69) is 54.0 Å². The van der Waals surface area contributed by atoms with Crippen LogP contribution < -0.4 is 0 Å². The van der Waals surface area contributed by atoms with Crippen molar-refractivity contribution in [2.75, 3.05) is 7.05 Å². The van der Waals surface area contributed by atoms with Crippen molar-refractivity contribution in [1.29, 1.82) is 0 Å². The molecule has 2 aromatic heterocycles. The van der Waals surface area contributed by atoms with Gasteiger partial charge in [-0.1, -0.05) is 6.07 Å². The molecule has 1 saturated carbocycles. The van der Waals surface area contributed by atoms with Crippen molar-refractivity contribution in [3.05, 3.63) is 41.9 Å². The van der Waals surface area contributed by atoms with Crippen molar-refractivity contribution in [1.82, 2.24) is 19.9 Å². The van der Waals surface area contributed by atoms with Crippen LogP contribution in [0, 0.1) is 0 Å². The van der Waals surface area contributed by atoms with Crippen LogP contribution in [0.3, 0.4) is 0 Å². The molecule has 1 aromatic carbocycles. The van der Waals surface area contributed by atoms with Gasteiger partial charge >= 0.3 is 0 Å². The second-order valence-corrected chi connectivity index (χ2v) is 8.01. The Balaban J connectivity index is 1.55. The van der Waals surface area contributed by atoms with Gasteiger partial charge in [-0.2, -0.15) is 0 Å². The second-order valence-electron chi connectivity index (χ2n) is 6.94. The monoisotopic (exact) mass is 338 g/mol. The molecule has 3 aromatic rings. The van der Waals surface area contributed by atoms with E-state index in [4.69, 9.17) is 4.98 Å². The van der Waals surface area contributed by atoms with Crippen LogP contribution in [0.25, 0.3) is 21.3 Å². The number of fused-ring (bicyclic) bond motifs is 1. The minimum Gasteiger partial charge on any atom is -0.301 e. The highest BCUT2D eigenvalue weighted by molar-refractivity contribution is 7.18. The number of rotatable bonds is 4. The standard InChI is InChI=1S/C19H22N4S/c1-12(2)23(3)16-6-14(7-16)19-22-17-5-4-13(8-18(17)24-19)15-9-20-11-21-10-15/h4-5,8-12,14,16H,6-7H2,1-3H3/t14-,16+. The summed E-state index contributed by atoms with van der Waals surface area (Å²) in [5.74, 6) is 0.622. The summed E-state index contributed by atoms with van der Waals surface area (Å²) in [6, 6.07) is 7.77. The Morgan fingerprint density at radius 3 is 2.58 bits per heavy atom. The summed E-state index contributed by atoms with van der Waals surface area (Å²) in [5.41, 5.74) is 3.32. The fourth-order valence-corrected chi connectivity index (χ4v) is 4.42. The van der Waals surface area contributed by atoms with E-state index in [0.717, 1.165) is 16.6 Å². The molecule has 0 atom stereocenters. The summed E-state index contributed by atoms with van der Waals surface area (Å²) < 4.78 is 1.26. The SMILES string of the molecule is CC(C)N(C)[C@H]1C[C@@H](c2nc3ccc(-c4cncnc4)cc3s2)C1. The van der Waals surface area contributed by atoms with Gasteiger partial charge in [0.1, 0.15) is 6.33 Å². The third-order valence-corrected chi connectivity index (χ3v) is 6.33. The number of hydrogen-bond acceptors (Lipinski definition) is 5. The van der Waals surface area contributed by atoms with Crippen molar-refractivity contribution in [3.63, 3.8) is 0 Å². The molecule has 1 aliphatic carbocycles. The normalized spacial score (nSPS) is 20.7. The predicted molar refractivity (Wildman–Crippen MR) is 99.3 cm³/mol. The third kappa shape index (κ3) is 2.82. The summed E-state index contributed by atoms with van der Waals surface area (Å²) in [6.45, 7) is 4.53. The number of hydrogen-bond donors (Lipinski definition) is 0. The lowest BCUT2D eigenvalue weighted by Gasteiger charge is -2.42. The molecular weight excluding hydrogens is 316 g/mol. The van der Waals surface area contributed by atoms with Gasteiger partial charge in [-0.25, -0.2) is 15.0 Å². The van der Waals surface area contributed by atoms with Crippen molar-refractivity contribution in [2.45, 2.75) is 44.7 Å². The predicted octanol–water partition coefficient (Wildman–Crippen LogP) is 4.34. The van der Waals surface area contributed by atoms with E-state index in [-0.39, 0.29) is 0 Å². The molecule has 2 heterocycles. The summed E-state index contributed by atoms with van der Waals surface area (Å²) in [6.07, 6.45) is 7.73. The molecule has 1 fully saturated rings. The molecule has 124 valence electrons. The maximum absolute atomic E-state index is 4.88. The summed E-state index contributed by atoms with van der Waals surface area (Å²) >= 11 is 1.84. The van der Waals surface area contributed by atoms with Crippen LogP contribution in [0.15, 0.2) is 36.9 Å². The van der Waals surface area contributed by atoms with Crippen LogP contribution in [0.4, 0.5) is 0 Å². The maximum Gasteiger partial charge on any atom is 0.115 e. The first kappa shape index (κ1) is 15.7. The van der Waals surface area contributed by atoms with Gasteiger partial charge in [-0.15, -0.1) is 11.3 Å². The van der Waals surface area contributed by atoms with Gasteiger partial charge in [0.2, 0.25) is 0 Å². The number of aromatic nitrogens is 3. The average Bonchev–Trinajstić information content (AvgIpc) is 2.96. The van der Waals surface area contributed by atoms with Crippen LogP contribution in [0.2, 0.25) is 0 Å². The Kier molecular flexibility index (Phi) is 4.06. The smallest absolute Gasteiger partial charge is 0.115 e. The lowest BCUT2D eigenvalue weighted by atomic mass is 9.79. The molecule has 1 aliphatic rings. The largest absolute Gasteiger partial charge is 0.301 e. The van der Waals surface area contributed by atoms with E-state index >= 15 is 0 Å². The number of thiazole rings is 1. The van der Waals surface area contributed by atoms with E-state index in [1.54, 1.807) is 6.33 Å². The maximum atomic E-state index is 4.88. The molecule has 0 radical (unpaired) electrons. The Labute approximate surface area is 146 Å². The first-order valence-electron chi connectivity index (χ1n) is 8.49. The van der Waals surface area contributed by atoms with Crippen LogP contribution in [0.1, 0.15) is 37.6 Å². The number of nitrogens with zero attached hydrogens (tertiary/aromatic N) is 4. The molecule has 0 saturated heterocycles. The van der Waals surface area contributed by atoms with Gasteiger partial charge in [0, 0.05) is 36.0 Å². The van der Waals surface area contributed by atoms with E-state index in [0.29, 0.717) is 18.0 Å². The zero-order chi connectivity index (χ0) is 16.7. The fraction of sp³-hybridized carbons (Fsp3) is 0.421. The topological polar surface area (TPSA) is 41.9 Å². The Bertz CT molecular complexity index is 837. The Morgan fingerprint density at radius 1 is 1.12 bits per heavy atom. The number of benzene rings is 1. The molecule has 4 rings (SSSR count). The summed E-state index contributed by atoms with van der Waals surface area (Å²) in [5, 5.41) is 1.29. The molecule has 0 amide bonds. The summed E-state index contributed by atoms with van der Waals surface area (Å²) in [7, 11) is 2.23. The molecule has 5 heteroatoms. The first-order chi connectivity index (χ1) is 11.6.